The molecule has 17 heavy (non-hydrogen) atoms. The maximum atomic E-state index is 11.3. The molecule has 0 aromatic heterocycles. The summed E-state index contributed by atoms with van der Waals surface area (Å²) < 4.78 is 4.58. The number of alkyl halides is 1. The maximum absolute atomic E-state index is 11.3. The lowest BCUT2D eigenvalue weighted by Gasteiger charge is -2.01. The van der Waals surface area contributed by atoms with Crippen LogP contribution in [-0.2, 0) is 9.53 Å². The number of esters is 1. The Balaban J connectivity index is 3.07. The molecule has 0 aliphatic heterocycles. The molecule has 6 heteroatoms. The van der Waals surface area contributed by atoms with E-state index in [1.54, 1.807) is 18.2 Å². The monoisotopic (exact) mass is 299 g/mol. The summed E-state index contributed by atoms with van der Waals surface area (Å²) in [6.07, 6.45) is 1.55. The standard InChI is InChI=1S/C11H10BrNO4/c1-17-11(14)9(7-12)5-8-3-2-4-10(6-8)13(15)16/h2-6H,7H2,1H3/b9-5+. The van der Waals surface area contributed by atoms with E-state index in [-0.39, 0.29) is 5.69 Å². The minimum atomic E-state index is -0.483. The van der Waals surface area contributed by atoms with Crippen molar-refractivity contribution in [2.75, 3.05) is 12.4 Å². The molecule has 0 fully saturated rings. The normalized spacial score (nSPS) is 11.1. The Morgan fingerprint density at radius 1 is 1.59 bits per heavy atom. The lowest BCUT2D eigenvalue weighted by atomic mass is 10.1. The zero-order chi connectivity index (χ0) is 12.8. The Kier molecular flexibility index (Phi) is 4.84. The molecular weight excluding hydrogens is 290 g/mol. The van der Waals surface area contributed by atoms with Gasteiger partial charge in [-0.1, -0.05) is 28.1 Å². The van der Waals surface area contributed by atoms with E-state index >= 15 is 0 Å². The van der Waals surface area contributed by atoms with E-state index in [2.05, 4.69) is 20.7 Å². The van der Waals surface area contributed by atoms with E-state index in [0.717, 1.165) is 0 Å². The lowest BCUT2D eigenvalue weighted by molar-refractivity contribution is -0.384. The third-order valence-corrected chi connectivity index (χ3v) is 2.62. The molecule has 0 atom stereocenters. The van der Waals surface area contributed by atoms with E-state index < -0.39 is 10.9 Å². The predicted molar refractivity (Wildman–Crippen MR) is 66.9 cm³/mol. The van der Waals surface area contributed by atoms with E-state index in [9.17, 15) is 14.9 Å². The SMILES string of the molecule is COC(=O)/C(=C/c1cccc([N+](=O)[O-])c1)CBr. The Morgan fingerprint density at radius 2 is 2.29 bits per heavy atom. The topological polar surface area (TPSA) is 69.4 Å². The van der Waals surface area contributed by atoms with E-state index in [1.165, 1.54) is 19.2 Å². The third kappa shape index (κ3) is 3.67. The van der Waals surface area contributed by atoms with Gasteiger partial charge >= 0.3 is 5.97 Å². The van der Waals surface area contributed by atoms with Crippen LogP contribution in [-0.4, -0.2) is 23.3 Å². The van der Waals surface area contributed by atoms with Crippen molar-refractivity contribution in [3.8, 4) is 0 Å². The van der Waals surface area contributed by atoms with Gasteiger partial charge in [-0.05, 0) is 11.6 Å². The zero-order valence-electron chi connectivity index (χ0n) is 9.05. The van der Waals surface area contributed by atoms with Crippen LogP contribution in [0, 0.1) is 10.1 Å². The fraction of sp³-hybridized carbons (Fsp3) is 0.182. The molecule has 0 spiro atoms. The molecule has 0 saturated carbocycles. The molecule has 0 amide bonds. The predicted octanol–water partition coefficient (Wildman–Crippen LogP) is 2.55. The highest BCUT2D eigenvalue weighted by atomic mass is 79.9. The molecule has 0 saturated heterocycles. The van der Waals surface area contributed by atoms with Gasteiger partial charge in [-0.3, -0.25) is 10.1 Å². The van der Waals surface area contributed by atoms with Gasteiger partial charge < -0.3 is 4.74 Å². The highest BCUT2D eigenvalue weighted by Gasteiger charge is 2.09. The van der Waals surface area contributed by atoms with Crippen LogP contribution in [0.1, 0.15) is 5.56 Å². The van der Waals surface area contributed by atoms with Gasteiger partial charge in [0, 0.05) is 23.0 Å². The quantitative estimate of drug-likeness (QED) is 0.282. The van der Waals surface area contributed by atoms with E-state index in [0.29, 0.717) is 16.5 Å². The molecule has 0 aliphatic carbocycles. The number of carbonyl (C=O) groups excluding carboxylic acids is 1. The fourth-order valence-corrected chi connectivity index (χ4v) is 1.60. The molecule has 1 aromatic rings. The zero-order valence-corrected chi connectivity index (χ0v) is 10.6. The maximum Gasteiger partial charge on any atom is 0.334 e. The molecule has 1 rings (SSSR count). The Hall–Kier alpha value is -1.69. The van der Waals surface area contributed by atoms with Gasteiger partial charge in [0.15, 0.2) is 0 Å². The first-order chi connectivity index (χ1) is 8.08. The third-order valence-electron chi connectivity index (χ3n) is 2.01. The van der Waals surface area contributed by atoms with Crippen molar-refractivity contribution < 1.29 is 14.5 Å². The molecule has 5 nitrogen and oxygen atoms in total. The van der Waals surface area contributed by atoms with Gasteiger partial charge in [-0.2, -0.15) is 0 Å². The number of rotatable bonds is 4. The largest absolute Gasteiger partial charge is 0.466 e. The summed E-state index contributed by atoms with van der Waals surface area (Å²) in [6.45, 7) is 0. The van der Waals surface area contributed by atoms with Gasteiger partial charge in [0.25, 0.3) is 5.69 Å². The van der Waals surface area contributed by atoms with Gasteiger partial charge in [-0.15, -0.1) is 0 Å². The highest BCUT2D eigenvalue weighted by molar-refractivity contribution is 9.09. The van der Waals surface area contributed by atoms with Crippen molar-refractivity contribution in [2.45, 2.75) is 0 Å². The fourth-order valence-electron chi connectivity index (χ4n) is 1.21. The summed E-state index contributed by atoms with van der Waals surface area (Å²) >= 11 is 3.16. The van der Waals surface area contributed by atoms with Crippen LogP contribution < -0.4 is 0 Å². The Bertz CT molecular complexity index is 470. The number of hydrogen-bond donors (Lipinski definition) is 0. The van der Waals surface area contributed by atoms with Crippen molar-refractivity contribution in [1.29, 1.82) is 0 Å². The van der Waals surface area contributed by atoms with Gasteiger partial charge in [-0.25, -0.2) is 4.79 Å². The van der Waals surface area contributed by atoms with E-state index in [1.807, 2.05) is 0 Å². The molecule has 0 heterocycles. The number of carbonyl (C=O) groups is 1. The summed E-state index contributed by atoms with van der Waals surface area (Å²) in [6, 6.07) is 6.03. The summed E-state index contributed by atoms with van der Waals surface area (Å²) in [4.78, 5) is 21.4. The van der Waals surface area contributed by atoms with Crippen LogP contribution in [0.25, 0.3) is 6.08 Å². The van der Waals surface area contributed by atoms with Gasteiger partial charge in [0.2, 0.25) is 0 Å². The molecule has 1 aromatic carbocycles. The van der Waals surface area contributed by atoms with Gasteiger partial charge in [0.1, 0.15) is 0 Å². The second-order valence-corrected chi connectivity index (χ2v) is 3.71. The van der Waals surface area contributed by atoms with Crippen molar-refractivity contribution in [1.82, 2.24) is 0 Å². The minimum Gasteiger partial charge on any atom is -0.466 e. The second-order valence-electron chi connectivity index (χ2n) is 3.15. The van der Waals surface area contributed by atoms with Crippen LogP contribution >= 0.6 is 15.9 Å². The number of nitro benzene ring substituents is 1. The smallest absolute Gasteiger partial charge is 0.334 e. The first-order valence-electron chi connectivity index (χ1n) is 4.67. The number of halogens is 1. The molecule has 0 radical (unpaired) electrons. The summed E-state index contributed by atoms with van der Waals surface area (Å²) in [5.41, 5.74) is 0.963. The molecular formula is C11H10BrNO4. The van der Waals surface area contributed by atoms with Crippen LogP contribution in [0.2, 0.25) is 0 Å². The summed E-state index contributed by atoms with van der Waals surface area (Å²) in [5, 5.41) is 10.9. The average Bonchev–Trinajstić information content (AvgIpc) is 2.35. The number of hydrogen-bond acceptors (Lipinski definition) is 4. The van der Waals surface area contributed by atoms with Crippen LogP contribution in [0.4, 0.5) is 5.69 Å². The van der Waals surface area contributed by atoms with Crippen LogP contribution in [0.15, 0.2) is 29.8 Å². The van der Waals surface area contributed by atoms with Crippen molar-refractivity contribution in [2.24, 2.45) is 0 Å². The number of ether oxygens (including phenoxy) is 1. The van der Waals surface area contributed by atoms with Crippen molar-refractivity contribution in [3.05, 3.63) is 45.5 Å². The minimum absolute atomic E-state index is 0.0162. The number of nitrogens with zero attached hydrogens (tertiary/aromatic N) is 1. The number of methoxy groups -OCH3 is 1. The Morgan fingerprint density at radius 3 is 2.82 bits per heavy atom. The first kappa shape index (κ1) is 13.4. The van der Waals surface area contributed by atoms with Crippen molar-refractivity contribution >= 4 is 33.7 Å². The molecule has 0 unspecified atom stereocenters. The van der Waals surface area contributed by atoms with Crippen LogP contribution in [0.3, 0.4) is 0 Å². The Labute approximate surface area is 106 Å². The average molecular weight is 300 g/mol. The van der Waals surface area contributed by atoms with Crippen LogP contribution in [0.5, 0.6) is 0 Å². The number of benzene rings is 1. The molecule has 90 valence electrons. The van der Waals surface area contributed by atoms with Crippen molar-refractivity contribution in [3.63, 3.8) is 0 Å². The molecule has 0 N–H and O–H groups in total. The number of nitro groups is 1. The lowest BCUT2D eigenvalue weighted by Crippen LogP contribution is -2.05. The molecule has 0 bridgehead atoms. The van der Waals surface area contributed by atoms with E-state index in [4.69, 9.17) is 0 Å². The summed E-state index contributed by atoms with van der Waals surface area (Å²) in [7, 11) is 1.28. The molecule has 0 aliphatic rings. The number of non-ortho nitro benzene ring substituents is 1. The second kappa shape index (κ2) is 6.15. The highest BCUT2D eigenvalue weighted by Crippen LogP contribution is 2.16. The van der Waals surface area contributed by atoms with Gasteiger partial charge in [0.05, 0.1) is 12.0 Å². The first-order valence-corrected chi connectivity index (χ1v) is 5.80. The summed E-state index contributed by atoms with van der Waals surface area (Å²) in [5.74, 6) is -0.464.